The third-order valence-electron chi connectivity index (χ3n) is 3.61. The Hall–Kier alpha value is -1.06. The van der Waals surface area contributed by atoms with E-state index in [-0.39, 0.29) is 12.0 Å². The first-order valence-corrected chi connectivity index (χ1v) is 7.17. The van der Waals surface area contributed by atoms with Gasteiger partial charge < -0.3 is 9.84 Å². The summed E-state index contributed by atoms with van der Waals surface area (Å²) in [6, 6.07) is 19.3. The number of aliphatic hydroxyl groups is 1. The molecule has 2 aromatic rings. The molecular formula is C16H14Cl2O2. The first kappa shape index (κ1) is 13.9. The monoisotopic (exact) mass is 308 g/mol. The van der Waals surface area contributed by atoms with Crippen molar-refractivity contribution in [2.24, 2.45) is 0 Å². The zero-order valence-corrected chi connectivity index (χ0v) is 12.1. The van der Waals surface area contributed by atoms with E-state index in [1.807, 2.05) is 60.7 Å². The van der Waals surface area contributed by atoms with Crippen LogP contribution >= 0.6 is 23.2 Å². The highest BCUT2D eigenvalue weighted by atomic mass is 35.5. The molecule has 1 saturated heterocycles. The van der Waals surface area contributed by atoms with Gasteiger partial charge in [-0.2, -0.15) is 0 Å². The zero-order chi connectivity index (χ0) is 14.2. The number of aliphatic hydroxyl groups excluding tert-OH is 1. The van der Waals surface area contributed by atoms with Gasteiger partial charge in [-0.15, -0.1) is 0 Å². The third-order valence-corrected chi connectivity index (χ3v) is 4.45. The smallest absolute Gasteiger partial charge is 0.189 e. The second-order valence-corrected chi connectivity index (χ2v) is 6.33. The quantitative estimate of drug-likeness (QED) is 0.849. The van der Waals surface area contributed by atoms with Crippen LogP contribution in [0.2, 0.25) is 0 Å². The summed E-state index contributed by atoms with van der Waals surface area (Å²) in [5.74, 6) is -0.329. The highest BCUT2D eigenvalue weighted by molar-refractivity contribution is 6.49. The Morgan fingerprint density at radius 2 is 1.35 bits per heavy atom. The molecule has 2 nitrogen and oxygen atoms in total. The molecule has 3 rings (SSSR count). The van der Waals surface area contributed by atoms with Crippen molar-refractivity contribution in [1.82, 2.24) is 0 Å². The minimum atomic E-state index is -1.37. The van der Waals surface area contributed by atoms with Gasteiger partial charge in [-0.05, 0) is 11.1 Å². The Morgan fingerprint density at radius 3 is 1.90 bits per heavy atom. The number of ether oxygens (including phenoxy) is 1. The maximum atomic E-state index is 10.0. The van der Waals surface area contributed by atoms with Crippen molar-refractivity contribution in [3.8, 4) is 0 Å². The summed E-state index contributed by atoms with van der Waals surface area (Å²) in [6.07, 6.45) is -1.59. The number of hydrogen-bond acceptors (Lipinski definition) is 2. The Labute approximate surface area is 127 Å². The summed E-state index contributed by atoms with van der Waals surface area (Å²) in [5, 5.41) is 10.0. The van der Waals surface area contributed by atoms with Crippen molar-refractivity contribution in [2.75, 3.05) is 0 Å². The maximum Gasteiger partial charge on any atom is 0.189 e. The first-order chi connectivity index (χ1) is 9.60. The molecule has 0 aromatic heterocycles. The van der Waals surface area contributed by atoms with Gasteiger partial charge in [-0.3, -0.25) is 0 Å². The normalized spacial score (nSPS) is 28.4. The number of hydrogen-bond donors (Lipinski definition) is 1. The summed E-state index contributed by atoms with van der Waals surface area (Å²) < 4.78 is 4.25. The molecule has 1 aliphatic heterocycles. The average molecular weight is 309 g/mol. The van der Waals surface area contributed by atoms with Crippen LogP contribution in [0.5, 0.6) is 0 Å². The Kier molecular flexibility index (Phi) is 3.74. The van der Waals surface area contributed by atoms with Crippen molar-refractivity contribution in [3.63, 3.8) is 0 Å². The molecule has 0 spiro atoms. The molecule has 4 heteroatoms. The van der Waals surface area contributed by atoms with Crippen LogP contribution in [0.25, 0.3) is 0 Å². The minimum absolute atomic E-state index is 0.329. The Balaban J connectivity index is 2.06. The molecular weight excluding hydrogens is 295 g/mol. The zero-order valence-electron chi connectivity index (χ0n) is 10.6. The van der Waals surface area contributed by atoms with Crippen LogP contribution in [0.1, 0.15) is 23.1 Å². The van der Waals surface area contributed by atoms with Crippen LogP contribution in [0.4, 0.5) is 0 Å². The fourth-order valence-electron chi connectivity index (χ4n) is 2.63. The molecule has 0 saturated carbocycles. The molecule has 0 amide bonds. The van der Waals surface area contributed by atoms with Gasteiger partial charge >= 0.3 is 0 Å². The predicted octanol–water partition coefficient (Wildman–Crippen LogP) is 4.03. The summed E-state index contributed by atoms with van der Waals surface area (Å²) in [7, 11) is 0. The van der Waals surface area contributed by atoms with Gasteiger partial charge in [0.25, 0.3) is 0 Å². The van der Waals surface area contributed by atoms with E-state index in [2.05, 4.69) is 0 Å². The molecule has 0 unspecified atom stereocenters. The molecule has 1 fully saturated rings. The first-order valence-electron chi connectivity index (χ1n) is 6.42. The largest absolute Gasteiger partial charge is 0.365 e. The fraction of sp³-hybridized carbons (Fsp3) is 0.250. The molecule has 1 heterocycles. The van der Waals surface area contributed by atoms with Gasteiger partial charge in [-0.1, -0.05) is 83.9 Å². The van der Waals surface area contributed by atoms with Crippen molar-refractivity contribution >= 4 is 23.2 Å². The molecule has 0 aliphatic carbocycles. The summed E-state index contributed by atoms with van der Waals surface area (Å²) in [4.78, 5) is 0. The summed E-state index contributed by atoms with van der Waals surface area (Å²) in [6.45, 7) is 0. The lowest BCUT2D eigenvalue weighted by molar-refractivity contribution is -0.0949. The van der Waals surface area contributed by atoms with Crippen molar-refractivity contribution in [1.29, 1.82) is 0 Å². The maximum absolute atomic E-state index is 10.0. The van der Waals surface area contributed by atoms with E-state index >= 15 is 0 Å². The number of halogens is 2. The van der Waals surface area contributed by atoms with Gasteiger partial charge in [0.2, 0.25) is 0 Å². The van der Waals surface area contributed by atoms with Gasteiger partial charge in [0.1, 0.15) is 0 Å². The van der Waals surface area contributed by atoms with Crippen molar-refractivity contribution < 1.29 is 9.84 Å². The number of benzene rings is 2. The molecule has 3 atom stereocenters. The van der Waals surface area contributed by atoms with Gasteiger partial charge in [0.15, 0.2) is 10.6 Å². The van der Waals surface area contributed by atoms with Crippen LogP contribution in [0.15, 0.2) is 60.7 Å². The van der Waals surface area contributed by atoms with E-state index in [9.17, 15) is 5.11 Å². The molecule has 104 valence electrons. The van der Waals surface area contributed by atoms with E-state index < -0.39 is 10.6 Å². The lowest BCUT2D eigenvalue weighted by atomic mass is 9.88. The van der Waals surface area contributed by atoms with E-state index in [0.29, 0.717) is 0 Å². The van der Waals surface area contributed by atoms with Crippen LogP contribution in [-0.4, -0.2) is 15.7 Å². The minimum Gasteiger partial charge on any atom is -0.365 e. The highest BCUT2D eigenvalue weighted by Crippen LogP contribution is 2.55. The fourth-order valence-corrected chi connectivity index (χ4v) is 3.22. The summed E-state index contributed by atoms with van der Waals surface area (Å²) in [5.41, 5.74) is 1.89. The van der Waals surface area contributed by atoms with Gasteiger partial charge in [0, 0.05) is 0 Å². The second-order valence-electron chi connectivity index (χ2n) is 4.88. The standard InChI is InChI=1S/C16H14Cl2O2/c17-16(18)13(11-7-3-1-4-8-11)14(20-15(16)19)12-9-5-2-6-10-12/h1-10,13-15,19H/t13-,14-,15-/m0/s1. The predicted molar refractivity (Wildman–Crippen MR) is 79.9 cm³/mol. The topological polar surface area (TPSA) is 29.5 Å². The van der Waals surface area contributed by atoms with Crippen LogP contribution in [0, 0.1) is 0 Å². The van der Waals surface area contributed by atoms with Crippen molar-refractivity contribution in [3.05, 3.63) is 71.8 Å². The van der Waals surface area contributed by atoms with Crippen LogP contribution < -0.4 is 0 Å². The van der Waals surface area contributed by atoms with Crippen LogP contribution in [-0.2, 0) is 4.74 Å². The van der Waals surface area contributed by atoms with E-state index in [1.165, 1.54) is 0 Å². The molecule has 1 aliphatic rings. The van der Waals surface area contributed by atoms with E-state index in [0.717, 1.165) is 11.1 Å². The Morgan fingerprint density at radius 1 is 0.850 bits per heavy atom. The summed E-state index contributed by atoms with van der Waals surface area (Å²) >= 11 is 12.7. The number of rotatable bonds is 2. The second kappa shape index (κ2) is 5.38. The average Bonchev–Trinajstić information content (AvgIpc) is 2.71. The van der Waals surface area contributed by atoms with Gasteiger partial charge in [-0.25, -0.2) is 0 Å². The van der Waals surface area contributed by atoms with E-state index in [4.69, 9.17) is 27.9 Å². The Bertz CT molecular complexity index is 572. The molecule has 2 aromatic carbocycles. The van der Waals surface area contributed by atoms with Crippen molar-refractivity contribution in [2.45, 2.75) is 22.6 Å². The van der Waals surface area contributed by atoms with Crippen LogP contribution in [0.3, 0.4) is 0 Å². The third kappa shape index (κ3) is 2.33. The lowest BCUT2D eigenvalue weighted by Crippen LogP contribution is -2.30. The van der Waals surface area contributed by atoms with Gasteiger partial charge in [0.05, 0.1) is 12.0 Å². The molecule has 1 N–H and O–H groups in total. The lowest BCUT2D eigenvalue weighted by Gasteiger charge is -2.25. The molecule has 20 heavy (non-hydrogen) atoms. The van der Waals surface area contributed by atoms with E-state index in [1.54, 1.807) is 0 Å². The molecule has 0 radical (unpaired) electrons. The SMILES string of the molecule is O[C@H]1O[C@@H](c2ccccc2)[C@H](c2ccccc2)C1(Cl)Cl. The highest BCUT2D eigenvalue weighted by Gasteiger charge is 2.55. The number of alkyl halides is 2. The molecule has 0 bridgehead atoms.